The Morgan fingerprint density at radius 2 is 1.62 bits per heavy atom. The molecule has 26 heavy (non-hydrogen) atoms. The molecule has 0 aromatic carbocycles. The minimum absolute atomic E-state index is 0.00715. The van der Waals surface area contributed by atoms with Gasteiger partial charge in [0, 0.05) is 34.4 Å². The van der Waals surface area contributed by atoms with Crippen LogP contribution in [0.2, 0.25) is 0 Å². The number of hydrogen-bond acceptors (Lipinski definition) is 7. The zero-order valence-electron chi connectivity index (χ0n) is 14.7. The quantitative estimate of drug-likeness (QED) is 0.851. The van der Waals surface area contributed by atoms with Crippen molar-refractivity contribution in [3.63, 3.8) is 0 Å². The van der Waals surface area contributed by atoms with Crippen molar-refractivity contribution in [2.24, 2.45) is 0 Å². The van der Waals surface area contributed by atoms with Crippen LogP contribution in [0.15, 0.2) is 18.3 Å². The van der Waals surface area contributed by atoms with Gasteiger partial charge in [0.15, 0.2) is 5.82 Å². The van der Waals surface area contributed by atoms with Gasteiger partial charge < -0.3 is 15.1 Å². The van der Waals surface area contributed by atoms with E-state index in [0.29, 0.717) is 17.7 Å². The highest BCUT2D eigenvalue weighted by atomic mass is 19.4. The second-order valence-electron chi connectivity index (χ2n) is 5.75. The Kier molecular flexibility index (Phi) is 5.58. The Morgan fingerprint density at radius 1 is 1.04 bits per heavy atom. The van der Waals surface area contributed by atoms with E-state index in [1.54, 1.807) is 38.0 Å². The molecule has 0 aliphatic carbocycles. The first-order valence-electron chi connectivity index (χ1n) is 7.49. The van der Waals surface area contributed by atoms with Gasteiger partial charge in [0.2, 0.25) is 11.9 Å². The predicted molar refractivity (Wildman–Crippen MR) is 88.9 cm³/mol. The first-order chi connectivity index (χ1) is 12.1. The highest BCUT2D eigenvalue weighted by Gasteiger charge is 2.32. The maximum atomic E-state index is 12.5. The standard InChI is InChI=1S/C15H18F3N7O/c1-24(2)13-21-11(22-14(23-13)25(3)4)8-20-12(26)9-5-6-10(19-7-9)15(16,17)18/h5-7H,8H2,1-4H3,(H,20,26). The number of alkyl halides is 3. The molecule has 0 aliphatic heterocycles. The first kappa shape index (κ1) is 19.3. The van der Waals surface area contributed by atoms with Crippen molar-refractivity contribution in [1.29, 1.82) is 0 Å². The highest BCUT2D eigenvalue weighted by Crippen LogP contribution is 2.27. The number of aromatic nitrogens is 4. The van der Waals surface area contributed by atoms with Crippen LogP contribution in [0.3, 0.4) is 0 Å². The number of hydrogen-bond donors (Lipinski definition) is 1. The van der Waals surface area contributed by atoms with E-state index in [0.717, 1.165) is 18.3 Å². The molecule has 2 aromatic heterocycles. The van der Waals surface area contributed by atoms with E-state index >= 15 is 0 Å². The Labute approximate surface area is 148 Å². The third-order valence-corrected chi connectivity index (χ3v) is 3.18. The van der Waals surface area contributed by atoms with Gasteiger partial charge in [-0.1, -0.05) is 0 Å². The number of pyridine rings is 1. The van der Waals surface area contributed by atoms with Crippen LogP contribution in [0.4, 0.5) is 25.1 Å². The number of carbonyl (C=O) groups is 1. The van der Waals surface area contributed by atoms with E-state index in [2.05, 4.69) is 25.3 Å². The second kappa shape index (κ2) is 7.50. The van der Waals surface area contributed by atoms with Crippen molar-refractivity contribution in [3.8, 4) is 0 Å². The van der Waals surface area contributed by atoms with Crippen LogP contribution < -0.4 is 15.1 Å². The predicted octanol–water partition coefficient (Wildman–Crippen LogP) is 1.35. The maximum absolute atomic E-state index is 12.5. The van der Waals surface area contributed by atoms with Gasteiger partial charge >= 0.3 is 6.18 Å². The summed E-state index contributed by atoms with van der Waals surface area (Å²) in [6, 6.07) is 1.82. The lowest BCUT2D eigenvalue weighted by Gasteiger charge is -2.16. The Bertz CT molecular complexity index is 750. The van der Waals surface area contributed by atoms with Gasteiger partial charge in [-0.15, -0.1) is 0 Å². The van der Waals surface area contributed by atoms with Crippen molar-refractivity contribution in [1.82, 2.24) is 25.3 Å². The summed E-state index contributed by atoms with van der Waals surface area (Å²) in [6.07, 6.45) is -3.67. The lowest BCUT2D eigenvalue weighted by atomic mass is 10.2. The lowest BCUT2D eigenvalue weighted by molar-refractivity contribution is -0.141. The van der Waals surface area contributed by atoms with Crippen molar-refractivity contribution < 1.29 is 18.0 Å². The molecule has 140 valence electrons. The van der Waals surface area contributed by atoms with Crippen LogP contribution in [0.1, 0.15) is 21.9 Å². The zero-order valence-corrected chi connectivity index (χ0v) is 14.7. The van der Waals surface area contributed by atoms with Gasteiger partial charge in [-0.25, -0.2) is 0 Å². The molecular formula is C15H18F3N7O. The molecule has 1 N–H and O–H groups in total. The molecule has 2 heterocycles. The third-order valence-electron chi connectivity index (χ3n) is 3.18. The van der Waals surface area contributed by atoms with Crippen molar-refractivity contribution >= 4 is 17.8 Å². The molecule has 2 aromatic rings. The zero-order chi connectivity index (χ0) is 19.5. The topological polar surface area (TPSA) is 87.1 Å². The van der Waals surface area contributed by atoms with Crippen LogP contribution in [-0.4, -0.2) is 54.0 Å². The number of nitrogens with one attached hydrogen (secondary N) is 1. The van der Waals surface area contributed by atoms with Crippen LogP contribution >= 0.6 is 0 Å². The van der Waals surface area contributed by atoms with Crippen LogP contribution in [0, 0.1) is 0 Å². The van der Waals surface area contributed by atoms with E-state index in [1.165, 1.54) is 0 Å². The number of halogens is 3. The number of carbonyl (C=O) groups excluding carboxylic acids is 1. The molecule has 0 saturated heterocycles. The van der Waals surface area contributed by atoms with Gasteiger partial charge in [-0.2, -0.15) is 28.1 Å². The molecule has 2 rings (SSSR count). The minimum atomic E-state index is -4.55. The Balaban J connectivity index is 2.11. The monoisotopic (exact) mass is 369 g/mol. The fourth-order valence-corrected chi connectivity index (χ4v) is 1.83. The SMILES string of the molecule is CN(C)c1nc(CNC(=O)c2ccc(C(F)(F)F)nc2)nc(N(C)C)n1. The first-order valence-corrected chi connectivity index (χ1v) is 7.49. The van der Waals surface area contributed by atoms with E-state index in [-0.39, 0.29) is 12.1 Å². The molecule has 0 aliphatic rings. The molecule has 0 spiro atoms. The molecule has 0 saturated carbocycles. The van der Waals surface area contributed by atoms with Gasteiger partial charge in [-0.05, 0) is 12.1 Å². The molecule has 0 fully saturated rings. The largest absolute Gasteiger partial charge is 0.433 e. The van der Waals surface area contributed by atoms with Crippen molar-refractivity contribution in [2.45, 2.75) is 12.7 Å². The van der Waals surface area contributed by atoms with Crippen LogP contribution in [0.5, 0.6) is 0 Å². The summed E-state index contributed by atoms with van der Waals surface area (Å²) < 4.78 is 37.5. The summed E-state index contributed by atoms with van der Waals surface area (Å²) in [5.41, 5.74) is -1.05. The van der Waals surface area contributed by atoms with E-state index in [4.69, 9.17) is 0 Å². The van der Waals surface area contributed by atoms with Crippen LogP contribution in [0.25, 0.3) is 0 Å². The Morgan fingerprint density at radius 3 is 2.04 bits per heavy atom. The highest BCUT2D eigenvalue weighted by molar-refractivity contribution is 5.93. The fraction of sp³-hybridized carbons (Fsp3) is 0.400. The Hall–Kier alpha value is -2.98. The molecular weight excluding hydrogens is 351 g/mol. The summed E-state index contributed by atoms with van der Waals surface area (Å²) in [7, 11) is 7.08. The number of amides is 1. The average molecular weight is 369 g/mol. The lowest BCUT2D eigenvalue weighted by Crippen LogP contribution is -2.26. The van der Waals surface area contributed by atoms with E-state index in [1.807, 2.05) is 0 Å². The fourth-order valence-electron chi connectivity index (χ4n) is 1.83. The third kappa shape index (κ3) is 4.77. The maximum Gasteiger partial charge on any atom is 0.433 e. The van der Waals surface area contributed by atoms with Gasteiger partial charge in [0.05, 0.1) is 12.1 Å². The molecule has 0 radical (unpaired) electrons. The molecule has 0 unspecified atom stereocenters. The van der Waals surface area contributed by atoms with Gasteiger partial charge in [-0.3, -0.25) is 9.78 Å². The number of anilines is 2. The van der Waals surface area contributed by atoms with E-state index < -0.39 is 17.8 Å². The molecule has 1 amide bonds. The van der Waals surface area contributed by atoms with Crippen molar-refractivity contribution in [2.75, 3.05) is 38.0 Å². The average Bonchev–Trinajstić information content (AvgIpc) is 2.58. The summed E-state index contributed by atoms with van der Waals surface area (Å²) >= 11 is 0. The summed E-state index contributed by atoms with van der Waals surface area (Å²) in [5.74, 6) is 0.582. The van der Waals surface area contributed by atoms with Gasteiger partial charge in [0.1, 0.15) is 5.69 Å². The molecule has 0 atom stereocenters. The van der Waals surface area contributed by atoms with E-state index in [9.17, 15) is 18.0 Å². The second-order valence-corrected chi connectivity index (χ2v) is 5.75. The summed E-state index contributed by atoms with van der Waals surface area (Å²) in [6.45, 7) is -0.00987. The summed E-state index contributed by atoms with van der Waals surface area (Å²) in [4.78, 5) is 31.4. The summed E-state index contributed by atoms with van der Waals surface area (Å²) in [5, 5.41) is 2.56. The smallest absolute Gasteiger partial charge is 0.347 e. The normalized spacial score (nSPS) is 11.2. The van der Waals surface area contributed by atoms with Gasteiger partial charge in [0.25, 0.3) is 5.91 Å². The van der Waals surface area contributed by atoms with Crippen LogP contribution in [-0.2, 0) is 12.7 Å². The molecule has 0 bridgehead atoms. The number of nitrogens with zero attached hydrogens (tertiary/aromatic N) is 6. The minimum Gasteiger partial charge on any atom is -0.347 e. The van der Waals surface area contributed by atoms with Crippen molar-refractivity contribution in [3.05, 3.63) is 35.4 Å². The molecule has 11 heteroatoms. The molecule has 8 nitrogen and oxygen atoms in total. The number of rotatable bonds is 5.